The van der Waals surface area contributed by atoms with Gasteiger partial charge in [0.15, 0.2) is 6.61 Å². The third-order valence-corrected chi connectivity index (χ3v) is 3.94. The first-order valence-electron chi connectivity index (χ1n) is 7.98. The molecule has 25 heavy (non-hydrogen) atoms. The van der Waals surface area contributed by atoms with E-state index >= 15 is 0 Å². The summed E-state index contributed by atoms with van der Waals surface area (Å²) < 4.78 is 43.2. The van der Waals surface area contributed by atoms with Crippen molar-refractivity contribution in [3.63, 3.8) is 0 Å². The van der Waals surface area contributed by atoms with E-state index in [9.17, 15) is 27.6 Å². The summed E-state index contributed by atoms with van der Waals surface area (Å²) in [6.45, 7) is -1.22. The number of carbonyl (C=O) groups excluding carboxylic acids is 2. The number of hydrogen-bond donors (Lipinski definition) is 1. The van der Waals surface area contributed by atoms with Gasteiger partial charge in [0, 0.05) is 18.3 Å². The van der Waals surface area contributed by atoms with Gasteiger partial charge in [0.2, 0.25) is 0 Å². The second kappa shape index (κ2) is 8.17. The molecule has 2 rings (SSSR count). The van der Waals surface area contributed by atoms with Crippen molar-refractivity contribution in [1.82, 2.24) is 9.88 Å². The number of hydrogen-bond acceptors (Lipinski definition) is 4. The summed E-state index contributed by atoms with van der Waals surface area (Å²) in [7, 11) is 0. The smallest absolute Gasteiger partial charge is 0.417 e. The predicted octanol–water partition coefficient (Wildman–Crippen LogP) is 1.86. The molecule has 0 radical (unpaired) electrons. The Hall–Kier alpha value is -2.32. The average molecular weight is 360 g/mol. The number of nitrogens with one attached hydrogen (secondary N) is 1. The van der Waals surface area contributed by atoms with Gasteiger partial charge in [-0.2, -0.15) is 13.2 Å². The van der Waals surface area contributed by atoms with Crippen LogP contribution in [0.2, 0.25) is 0 Å². The van der Waals surface area contributed by atoms with Gasteiger partial charge in [0.05, 0.1) is 5.56 Å². The molecule has 1 N–H and O–H groups in total. The Labute approximate surface area is 142 Å². The van der Waals surface area contributed by atoms with Crippen molar-refractivity contribution in [2.75, 3.05) is 6.61 Å². The first-order chi connectivity index (χ1) is 11.8. The van der Waals surface area contributed by atoms with E-state index in [4.69, 9.17) is 4.74 Å². The molecule has 1 fully saturated rings. The van der Waals surface area contributed by atoms with Gasteiger partial charge in [0.1, 0.15) is 6.54 Å². The lowest BCUT2D eigenvalue weighted by molar-refractivity contribution is -0.149. The number of nitrogens with zero attached hydrogens (tertiary/aromatic N) is 1. The second-order valence-corrected chi connectivity index (χ2v) is 5.94. The summed E-state index contributed by atoms with van der Waals surface area (Å²) in [6.07, 6.45) is 0.864. The maximum Gasteiger partial charge on any atom is 0.417 e. The first kappa shape index (κ1) is 19.0. The topological polar surface area (TPSA) is 77.4 Å². The van der Waals surface area contributed by atoms with Crippen LogP contribution >= 0.6 is 0 Å². The Bertz CT molecular complexity index is 679. The van der Waals surface area contributed by atoms with Crippen LogP contribution in [0.1, 0.15) is 37.7 Å². The fourth-order valence-corrected chi connectivity index (χ4v) is 2.67. The quantitative estimate of drug-likeness (QED) is 0.813. The number of amides is 1. The fourth-order valence-electron chi connectivity index (χ4n) is 2.67. The van der Waals surface area contributed by atoms with Gasteiger partial charge in [-0.3, -0.25) is 14.4 Å². The Kier molecular flexibility index (Phi) is 6.22. The van der Waals surface area contributed by atoms with Crippen molar-refractivity contribution in [2.45, 2.75) is 50.9 Å². The number of esters is 1. The number of rotatable bonds is 5. The molecule has 1 aromatic rings. The minimum atomic E-state index is -4.63. The molecular weight excluding hydrogens is 341 g/mol. The fraction of sp³-hybridized carbons (Fsp3) is 0.562. The van der Waals surface area contributed by atoms with E-state index in [2.05, 4.69) is 5.32 Å². The van der Waals surface area contributed by atoms with Crippen LogP contribution in [-0.4, -0.2) is 29.1 Å². The third kappa shape index (κ3) is 5.91. The number of alkyl halides is 3. The minimum Gasteiger partial charge on any atom is -0.454 e. The molecule has 1 heterocycles. The molecule has 0 bridgehead atoms. The van der Waals surface area contributed by atoms with Crippen LogP contribution in [0.4, 0.5) is 13.2 Å². The molecule has 0 unspecified atom stereocenters. The molecule has 0 atom stereocenters. The van der Waals surface area contributed by atoms with Crippen LogP contribution < -0.4 is 10.9 Å². The van der Waals surface area contributed by atoms with Gasteiger partial charge >= 0.3 is 12.1 Å². The summed E-state index contributed by atoms with van der Waals surface area (Å²) in [5, 5.41) is 2.75. The van der Waals surface area contributed by atoms with Crippen molar-refractivity contribution in [1.29, 1.82) is 0 Å². The van der Waals surface area contributed by atoms with Crippen LogP contribution in [0.5, 0.6) is 0 Å². The Balaban J connectivity index is 1.85. The number of pyridine rings is 1. The van der Waals surface area contributed by atoms with E-state index in [0.29, 0.717) is 16.8 Å². The number of halogens is 3. The summed E-state index contributed by atoms with van der Waals surface area (Å²) in [5.41, 5.74) is -1.81. The molecule has 1 aromatic heterocycles. The predicted molar refractivity (Wildman–Crippen MR) is 81.7 cm³/mol. The van der Waals surface area contributed by atoms with E-state index in [1.807, 2.05) is 0 Å². The van der Waals surface area contributed by atoms with Gasteiger partial charge < -0.3 is 14.6 Å². The normalized spacial score (nSPS) is 15.6. The maximum atomic E-state index is 12.6. The first-order valence-corrected chi connectivity index (χ1v) is 7.98. The van der Waals surface area contributed by atoms with Gasteiger partial charge in [-0.15, -0.1) is 0 Å². The average Bonchev–Trinajstić information content (AvgIpc) is 2.55. The van der Waals surface area contributed by atoms with E-state index in [1.165, 1.54) is 0 Å². The largest absolute Gasteiger partial charge is 0.454 e. The standard InChI is InChI=1S/C16H19F3N2O4/c17-16(18,19)11-6-7-14(23)21(8-11)9-15(24)25-10-13(22)20-12-4-2-1-3-5-12/h6-8,12H,1-5,9-10H2,(H,20,22). The van der Waals surface area contributed by atoms with Crippen LogP contribution in [0.25, 0.3) is 0 Å². The summed E-state index contributed by atoms with van der Waals surface area (Å²) in [4.78, 5) is 34.9. The molecule has 1 aliphatic rings. The van der Waals surface area contributed by atoms with Crippen molar-refractivity contribution in [2.24, 2.45) is 0 Å². The molecule has 1 aliphatic carbocycles. The zero-order chi connectivity index (χ0) is 18.4. The minimum absolute atomic E-state index is 0.0611. The van der Waals surface area contributed by atoms with Crippen molar-refractivity contribution < 1.29 is 27.5 Å². The lowest BCUT2D eigenvalue weighted by Gasteiger charge is -2.22. The van der Waals surface area contributed by atoms with Crippen LogP contribution in [-0.2, 0) is 27.0 Å². The molecule has 9 heteroatoms. The highest BCUT2D eigenvalue weighted by Crippen LogP contribution is 2.28. The molecule has 1 amide bonds. The van der Waals surface area contributed by atoms with E-state index in [1.54, 1.807) is 0 Å². The number of carbonyl (C=O) groups is 2. The lowest BCUT2D eigenvalue weighted by atomic mass is 9.95. The molecule has 0 aromatic carbocycles. The lowest BCUT2D eigenvalue weighted by Crippen LogP contribution is -2.39. The van der Waals surface area contributed by atoms with Crippen LogP contribution in [0.3, 0.4) is 0 Å². The summed E-state index contributed by atoms with van der Waals surface area (Å²) in [5.74, 6) is -1.42. The van der Waals surface area contributed by atoms with E-state index in [-0.39, 0.29) is 6.04 Å². The molecule has 0 aliphatic heterocycles. The van der Waals surface area contributed by atoms with Crippen molar-refractivity contribution >= 4 is 11.9 Å². The zero-order valence-electron chi connectivity index (χ0n) is 13.5. The molecule has 0 spiro atoms. The van der Waals surface area contributed by atoms with Gasteiger partial charge in [-0.25, -0.2) is 0 Å². The number of aromatic nitrogens is 1. The third-order valence-electron chi connectivity index (χ3n) is 3.94. The Morgan fingerprint density at radius 1 is 1.20 bits per heavy atom. The summed E-state index contributed by atoms with van der Waals surface area (Å²) >= 11 is 0. The van der Waals surface area contributed by atoms with Gasteiger partial charge in [-0.05, 0) is 18.9 Å². The van der Waals surface area contributed by atoms with Gasteiger partial charge in [0.25, 0.3) is 11.5 Å². The SMILES string of the molecule is O=C(COC(=O)Cn1cc(C(F)(F)F)ccc1=O)NC1CCCCC1. The second-order valence-electron chi connectivity index (χ2n) is 5.94. The van der Waals surface area contributed by atoms with Crippen molar-refractivity contribution in [3.8, 4) is 0 Å². The Morgan fingerprint density at radius 2 is 1.88 bits per heavy atom. The Morgan fingerprint density at radius 3 is 2.52 bits per heavy atom. The monoisotopic (exact) mass is 360 g/mol. The van der Waals surface area contributed by atoms with Crippen molar-refractivity contribution in [3.05, 3.63) is 34.2 Å². The molecular formula is C16H19F3N2O4. The highest BCUT2D eigenvalue weighted by atomic mass is 19.4. The highest BCUT2D eigenvalue weighted by molar-refractivity contribution is 5.80. The van der Waals surface area contributed by atoms with Crippen LogP contribution in [0, 0.1) is 0 Å². The highest BCUT2D eigenvalue weighted by Gasteiger charge is 2.31. The van der Waals surface area contributed by atoms with E-state index in [0.717, 1.165) is 38.2 Å². The zero-order valence-corrected chi connectivity index (χ0v) is 13.5. The molecule has 1 saturated carbocycles. The van der Waals surface area contributed by atoms with Crippen LogP contribution in [0.15, 0.2) is 23.1 Å². The maximum absolute atomic E-state index is 12.6. The summed E-state index contributed by atoms with van der Waals surface area (Å²) in [6, 6.07) is 1.43. The molecule has 0 saturated heterocycles. The van der Waals surface area contributed by atoms with Gasteiger partial charge in [-0.1, -0.05) is 19.3 Å². The number of ether oxygens (including phenoxy) is 1. The molecule has 138 valence electrons. The van der Waals surface area contributed by atoms with E-state index < -0.39 is 42.3 Å². The molecule has 6 nitrogen and oxygen atoms in total.